The lowest BCUT2D eigenvalue weighted by atomic mass is 10.0. The Bertz CT molecular complexity index is 537. The van der Waals surface area contributed by atoms with E-state index in [0.29, 0.717) is 6.04 Å². The summed E-state index contributed by atoms with van der Waals surface area (Å²) in [6.45, 7) is 5.32. The van der Waals surface area contributed by atoms with Crippen molar-refractivity contribution in [1.29, 1.82) is 0 Å². The van der Waals surface area contributed by atoms with E-state index in [2.05, 4.69) is 55.6 Å². The van der Waals surface area contributed by atoms with Crippen LogP contribution in [0.4, 0.5) is 0 Å². The third-order valence-corrected chi connectivity index (χ3v) is 4.82. The summed E-state index contributed by atoms with van der Waals surface area (Å²) >= 11 is 1.90. The molecule has 1 aromatic heterocycles. The zero-order valence-corrected chi connectivity index (χ0v) is 12.5. The maximum Gasteiger partial charge on any atom is 0.0351 e. The van der Waals surface area contributed by atoms with E-state index >= 15 is 0 Å². The van der Waals surface area contributed by atoms with E-state index in [1.54, 1.807) is 0 Å². The average molecular weight is 271 g/mol. The maximum absolute atomic E-state index is 3.76. The van der Waals surface area contributed by atoms with E-state index in [0.717, 1.165) is 12.5 Å². The number of thiophene rings is 1. The molecular weight excluding hydrogens is 250 g/mol. The number of hydrogen-bond acceptors (Lipinski definition) is 2. The monoisotopic (exact) mass is 271 g/mol. The molecule has 1 heterocycles. The number of hydrogen-bond donors (Lipinski definition) is 1. The Morgan fingerprint density at radius 2 is 1.84 bits per heavy atom. The van der Waals surface area contributed by atoms with Gasteiger partial charge in [0.15, 0.2) is 0 Å². The second kappa shape index (κ2) is 5.48. The van der Waals surface area contributed by atoms with E-state index in [4.69, 9.17) is 0 Å². The molecule has 100 valence electrons. The first-order valence-electron chi connectivity index (χ1n) is 7.07. The second-order valence-corrected chi connectivity index (χ2v) is 6.99. The van der Waals surface area contributed by atoms with Gasteiger partial charge in [-0.15, -0.1) is 11.3 Å². The maximum atomic E-state index is 3.76. The molecule has 3 rings (SSSR count). The third kappa shape index (κ3) is 3.26. The number of rotatable bonds is 5. The first-order valence-corrected chi connectivity index (χ1v) is 7.89. The molecule has 2 heteroatoms. The zero-order valence-electron chi connectivity index (χ0n) is 11.6. The molecule has 0 aliphatic heterocycles. The smallest absolute Gasteiger partial charge is 0.0351 e. The van der Waals surface area contributed by atoms with E-state index in [1.165, 1.54) is 33.7 Å². The molecule has 2 aromatic rings. The summed E-state index contributed by atoms with van der Waals surface area (Å²) in [4.78, 5) is 2.84. The Morgan fingerprint density at radius 3 is 2.42 bits per heavy atom. The van der Waals surface area contributed by atoms with Crippen molar-refractivity contribution in [3.63, 3.8) is 0 Å². The molecular formula is C17H21NS. The van der Waals surface area contributed by atoms with E-state index < -0.39 is 0 Å². The van der Waals surface area contributed by atoms with Crippen LogP contribution in [0.5, 0.6) is 0 Å². The van der Waals surface area contributed by atoms with Crippen LogP contribution >= 0.6 is 11.3 Å². The number of nitrogens with one attached hydrogen (secondary N) is 1. The van der Waals surface area contributed by atoms with Crippen molar-refractivity contribution in [2.75, 3.05) is 0 Å². The molecule has 0 amide bonds. The second-order valence-electron chi connectivity index (χ2n) is 5.62. The molecule has 1 saturated carbocycles. The lowest BCUT2D eigenvalue weighted by Gasteiger charge is -2.18. The molecule has 1 aliphatic carbocycles. The average Bonchev–Trinajstić information content (AvgIpc) is 3.15. The number of aryl methyl sites for hydroxylation is 2. The predicted octanol–water partition coefficient (Wildman–Crippen LogP) is 4.61. The van der Waals surface area contributed by atoms with Crippen molar-refractivity contribution in [2.45, 2.75) is 39.3 Å². The summed E-state index contributed by atoms with van der Waals surface area (Å²) < 4.78 is 0. The van der Waals surface area contributed by atoms with Crippen molar-refractivity contribution in [3.05, 3.63) is 57.3 Å². The molecule has 1 aliphatic rings. The highest BCUT2D eigenvalue weighted by Gasteiger charge is 2.31. The van der Waals surface area contributed by atoms with Crippen molar-refractivity contribution in [2.24, 2.45) is 5.92 Å². The van der Waals surface area contributed by atoms with Crippen LogP contribution in [-0.4, -0.2) is 0 Å². The van der Waals surface area contributed by atoms with Crippen LogP contribution in [-0.2, 0) is 6.54 Å². The summed E-state index contributed by atoms with van der Waals surface area (Å²) in [7, 11) is 0. The van der Waals surface area contributed by atoms with E-state index in [-0.39, 0.29) is 0 Å². The van der Waals surface area contributed by atoms with Crippen molar-refractivity contribution >= 4 is 11.3 Å². The fourth-order valence-electron chi connectivity index (χ4n) is 2.55. The van der Waals surface area contributed by atoms with E-state index in [9.17, 15) is 0 Å². The molecule has 0 bridgehead atoms. The van der Waals surface area contributed by atoms with Gasteiger partial charge in [-0.1, -0.05) is 29.8 Å². The minimum Gasteiger partial charge on any atom is -0.305 e. The van der Waals surface area contributed by atoms with Gasteiger partial charge in [-0.3, -0.25) is 0 Å². The van der Waals surface area contributed by atoms with Gasteiger partial charge in [0, 0.05) is 22.3 Å². The summed E-state index contributed by atoms with van der Waals surface area (Å²) in [5, 5.41) is 3.76. The molecule has 0 spiro atoms. The van der Waals surface area contributed by atoms with Gasteiger partial charge in [-0.2, -0.15) is 0 Å². The fraction of sp³-hybridized carbons (Fsp3) is 0.412. The molecule has 1 fully saturated rings. The lowest BCUT2D eigenvalue weighted by molar-refractivity contribution is 0.482. The minimum atomic E-state index is 0.531. The lowest BCUT2D eigenvalue weighted by Crippen LogP contribution is -2.22. The third-order valence-electron chi connectivity index (χ3n) is 3.82. The Labute approximate surface area is 119 Å². The molecule has 1 atom stereocenters. The van der Waals surface area contributed by atoms with Gasteiger partial charge >= 0.3 is 0 Å². The molecule has 1 unspecified atom stereocenters. The number of benzene rings is 1. The standard InChI is InChI=1S/C17H21NS/c1-12-3-6-14(7-4-12)17(15-8-9-15)18-11-16-10-5-13(2)19-16/h3-7,10,15,17-18H,8-9,11H2,1-2H3. The van der Waals surface area contributed by atoms with Gasteiger partial charge in [0.2, 0.25) is 0 Å². The quantitative estimate of drug-likeness (QED) is 0.837. The Hall–Kier alpha value is -1.12. The van der Waals surface area contributed by atoms with Gasteiger partial charge in [0.05, 0.1) is 0 Å². The van der Waals surface area contributed by atoms with Crippen LogP contribution in [0.3, 0.4) is 0 Å². The molecule has 1 aromatic carbocycles. The van der Waals surface area contributed by atoms with Crippen LogP contribution in [0.1, 0.15) is 39.8 Å². The molecule has 0 saturated heterocycles. The van der Waals surface area contributed by atoms with Crippen LogP contribution in [0.15, 0.2) is 36.4 Å². The van der Waals surface area contributed by atoms with Crippen LogP contribution in [0, 0.1) is 19.8 Å². The highest BCUT2D eigenvalue weighted by molar-refractivity contribution is 7.11. The van der Waals surface area contributed by atoms with Gasteiger partial charge < -0.3 is 5.32 Å². The SMILES string of the molecule is Cc1ccc(C(NCc2ccc(C)s2)C2CC2)cc1. The van der Waals surface area contributed by atoms with Crippen LogP contribution in [0.2, 0.25) is 0 Å². The molecule has 0 radical (unpaired) electrons. The first-order chi connectivity index (χ1) is 9.22. The summed E-state index contributed by atoms with van der Waals surface area (Å²) in [5.74, 6) is 0.837. The Morgan fingerprint density at radius 1 is 1.11 bits per heavy atom. The first kappa shape index (κ1) is 12.9. The van der Waals surface area contributed by atoms with Crippen molar-refractivity contribution in [3.8, 4) is 0 Å². The van der Waals surface area contributed by atoms with Gasteiger partial charge in [-0.05, 0) is 50.3 Å². The molecule has 19 heavy (non-hydrogen) atoms. The van der Waals surface area contributed by atoms with Gasteiger partial charge in [0.1, 0.15) is 0 Å². The topological polar surface area (TPSA) is 12.0 Å². The summed E-state index contributed by atoms with van der Waals surface area (Å²) in [6, 6.07) is 14.0. The summed E-state index contributed by atoms with van der Waals surface area (Å²) in [6.07, 6.45) is 2.74. The fourth-order valence-corrected chi connectivity index (χ4v) is 3.39. The minimum absolute atomic E-state index is 0.531. The summed E-state index contributed by atoms with van der Waals surface area (Å²) in [5.41, 5.74) is 2.79. The highest BCUT2D eigenvalue weighted by Crippen LogP contribution is 2.41. The Kier molecular flexibility index (Phi) is 3.72. The Balaban J connectivity index is 1.69. The van der Waals surface area contributed by atoms with Gasteiger partial charge in [-0.25, -0.2) is 0 Å². The normalized spacial score (nSPS) is 16.5. The predicted molar refractivity (Wildman–Crippen MR) is 82.5 cm³/mol. The largest absolute Gasteiger partial charge is 0.305 e. The van der Waals surface area contributed by atoms with Crippen molar-refractivity contribution < 1.29 is 0 Å². The zero-order chi connectivity index (χ0) is 13.2. The molecule has 1 nitrogen and oxygen atoms in total. The van der Waals surface area contributed by atoms with Crippen LogP contribution < -0.4 is 5.32 Å². The van der Waals surface area contributed by atoms with Gasteiger partial charge in [0.25, 0.3) is 0 Å². The van der Waals surface area contributed by atoms with Crippen LogP contribution in [0.25, 0.3) is 0 Å². The molecule has 1 N–H and O–H groups in total. The highest BCUT2D eigenvalue weighted by atomic mass is 32.1. The van der Waals surface area contributed by atoms with Crippen molar-refractivity contribution in [1.82, 2.24) is 5.32 Å². The van der Waals surface area contributed by atoms with E-state index in [1.807, 2.05) is 11.3 Å².